The number of piperidine rings is 1. The van der Waals surface area contributed by atoms with Gasteiger partial charge in [0.1, 0.15) is 0 Å². The number of carbonyl (C=O) groups is 1. The number of hydrogen-bond donors (Lipinski definition) is 2. The third-order valence-electron chi connectivity index (χ3n) is 3.99. The molecule has 0 unspecified atom stereocenters. The molecule has 0 spiro atoms. The fraction of sp³-hybridized carbons (Fsp3) is 0.917. The molecule has 0 aromatic rings. The molecule has 0 aromatic carbocycles. The van der Waals surface area contributed by atoms with Crippen molar-refractivity contribution in [1.29, 1.82) is 0 Å². The first-order chi connectivity index (χ1) is 7.76. The van der Waals surface area contributed by atoms with Crippen molar-refractivity contribution in [3.05, 3.63) is 0 Å². The third-order valence-corrected chi connectivity index (χ3v) is 3.99. The second kappa shape index (κ2) is 5.15. The molecule has 1 heterocycles. The van der Waals surface area contributed by atoms with Crippen molar-refractivity contribution in [2.45, 2.75) is 37.7 Å². The maximum absolute atomic E-state index is 11.9. The van der Waals surface area contributed by atoms with Gasteiger partial charge in [-0.05, 0) is 45.2 Å². The van der Waals surface area contributed by atoms with Crippen LogP contribution in [0.25, 0.3) is 0 Å². The normalized spacial score (nSPS) is 24.8. The Balaban J connectivity index is 1.74. The highest BCUT2D eigenvalue weighted by molar-refractivity contribution is 5.78. The summed E-state index contributed by atoms with van der Waals surface area (Å²) in [5.41, 5.74) is -0.0530. The second-order valence-electron chi connectivity index (χ2n) is 4.98. The molecule has 92 valence electrons. The van der Waals surface area contributed by atoms with Crippen LogP contribution in [0.4, 0.5) is 0 Å². The quantitative estimate of drug-likeness (QED) is 0.741. The first-order valence-corrected chi connectivity index (χ1v) is 6.29. The molecule has 4 heteroatoms. The standard InChI is InChI=1S/C12H22N2O2/c1-16-12(5-2-6-12)9-14-11(15)10-3-7-13-8-4-10/h10,13H,2-9H2,1H3,(H,14,15). The summed E-state index contributed by atoms with van der Waals surface area (Å²) in [6.45, 7) is 2.62. The van der Waals surface area contributed by atoms with Gasteiger partial charge in [-0.15, -0.1) is 0 Å². The first kappa shape index (κ1) is 11.9. The van der Waals surface area contributed by atoms with Crippen molar-refractivity contribution < 1.29 is 9.53 Å². The van der Waals surface area contributed by atoms with Crippen LogP contribution in [0.1, 0.15) is 32.1 Å². The smallest absolute Gasteiger partial charge is 0.223 e. The van der Waals surface area contributed by atoms with Gasteiger partial charge < -0.3 is 15.4 Å². The Morgan fingerprint density at radius 1 is 1.44 bits per heavy atom. The number of rotatable bonds is 4. The lowest BCUT2D eigenvalue weighted by Gasteiger charge is -2.40. The van der Waals surface area contributed by atoms with Crippen molar-refractivity contribution >= 4 is 5.91 Å². The largest absolute Gasteiger partial charge is 0.376 e. The van der Waals surface area contributed by atoms with Gasteiger partial charge in [-0.1, -0.05) is 0 Å². The van der Waals surface area contributed by atoms with Crippen LogP contribution in [0.3, 0.4) is 0 Å². The van der Waals surface area contributed by atoms with Crippen molar-refractivity contribution in [2.75, 3.05) is 26.7 Å². The molecule has 2 rings (SSSR count). The van der Waals surface area contributed by atoms with E-state index in [0.29, 0.717) is 6.54 Å². The van der Waals surface area contributed by atoms with Gasteiger partial charge in [0.2, 0.25) is 5.91 Å². The zero-order valence-corrected chi connectivity index (χ0v) is 10.1. The monoisotopic (exact) mass is 226 g/mol. The molecule has 0 bridgehead atoms. The minimum absolute atomic E-state index is 0.0530. The van der Waals surface area contributed by atoms with Crippen LogP contribution in [0.5, 0.6) is 0 Å². The molecule has 4 nitrogen and oxygen atoms in total. The Bertz CT molecular complexity index is 240. The summed E-state index contributed by atoms with van der Waals surface area (Å²) >= 11 is 0. The molecule has 1 saturated carbocycles. The summed E-state index contributed by atoms with van der Waals surface area (Å²) in [5.74, 6) is 0.417. The minimum Gasteiger partial charge on any atom is -0.376 e. The number of amides is 1. The molecule has 0 atom stereocenters. The number of carbonyl (C=O) groups excluding carboxylic acids is 1. The molecule has 2 N–H and O–H groups in total. The highest BCUT2D eigenvalue weighted by Gasteiger charge is 2.37. The van der Waals surface area contributed by atoms with E-state index in [2.05, 4.69) is 10.6 Å². The average Bonchev–Trinajstić information content (AvgIpc) is 2.29. The number of ether oxygens (including phenoxy) is 1. The summed E-state index contributed by atoms with van der Waals surface area (Å²) < 4.78 is 5.48. The summed E-state index contributed by atoms with van der Waals surface area (Å²) in [6.07, 6.45) is 5.31. The zero-order chi connectivity index (χ0) is 11.4. The van der Waals surface area contributed by atoms with E-state index in [0.717, 1.165) is 38.8 Å². The van der Waals surface area contributed by atoms with E-state index in [-0.39, 0.29) is 17.4 Å². The van der Waals surface area contributed by atoms with Crippen LogP contribution in [-0.4, -0.2) is 38.3 Å². The lowest BCUT2D eigenvalue weighted by atomic mass is 9.80. The molecule has 1 amide bonds. The molecule has 1 aliphatic heterocycles. The third kappa shape index (κ3) is 2.55. The average molecular weight is 226 g/mol. The molecule has 1 aliphatic carbocycles. The zero-order valence-electron chi connectivity index (χ0n) is 10.1. The summed E-state index contributed by atoms with van der Waals surface area (Å²) in [5, 5.41) is 6.33. The minimum atomic E-state index is -0.0530. The van der Waals surface area contributed by atoms with Crippen LogP contribution in [-0.2, 0) is 9.53 Å². The fourth-order valence-corrected chi connectivity index (χ4v) is 2.50. The Morgan fingerprint density at radius 2 is 2.12 bits per heavy atom. The van der Waals surface area contributed by atoms with E-state index in [1.165, 1.54) is 6.42 Å². The maximum Gasteiger partial charge on any atom is 0.223 e. The van der Waals surface area contributed by atoms with Crippen molar-refractivity contribution in [3.63, 3.8) is 0 Å². The Hall–Kier alpha value is -0.610. The van der Waals surface area contributed by atoms with Gasteiger partial charge in [-0.25, -0.2) is 0 Å². The topological polar surface area (TPSA) is 50.4 Å². The van der Waals surface area contributed by atoms with Gasteiger partial charge in [-0.3, -0.25) is 4.79 Å². The highest BCUT2D eigenvalue weighted by Crippen LogP contribution is 2.34. The van der Waals surface area contributed by atoms with Gasteiger partial charge in [0, 0.05) is 19.6 Å². The Labute approximate surface area is 97.1 Å². The molecule has 0 radical (unpaired) electrons. The van der Waals surface area contributed by atoms with Gasteiger partial charge >= 0.3 is 0 Å². The number of methoxy groups -OCH3 is 1. The summed E-state index contributed by atoms with van der Waals surface area (Å²) in [7, 11) is 1.75. The number of nitrogens with one attached hydrogen (secondary N) is 2. The maximum atomic E-state index is 11.9. The van der Waals surface area contributed by atoms with Crippen LogP contribution in [0.2, 0.25) is 0 Å². The van der Waals surface area contributed by atoms with Crippen LogP contribution < -0.4 is 10.6 Å². The van der Waals surface area contributed by atoms with Crippen LogP contribution in [0, 0.1) is 5.92 Å². The highest BCUT2D eigenvalue weighted by atomic mass is 16.5. The van der Waals surface area contributed by atoms with E-state index >= 15 is 0 Å². The molecule has 2 fully saturated rings. The molecular formula is C12H22N2O2. The van der Waals surface area contributed by atoms with Gasteiger partial charge in [0.15, 0.2) is 0 Å². The van der Waals surface area contributed by atoms with E-state index in [9.17, 15) is 4.79 Å². The molecular weight excluding hydrogens is 204 g/mol. The molecule has 2 aliphatic rings. The van der Waals surface area contributed by atoms with E-state index < -0.39 is 0 Å². The van der Waals surface area contributed by atoms with E-state index in [1.54, 1.807) is 7.11 Å². The van der Waals surface area contributed by atoms with E-state index in [4.69, 9.17) is 4.74 Å². The Kier molecular flexibility index (Phi) is 3.82. The molecule has 0 aromatic heterocycles. The first-order valence-electron chi connectivity index (χ1n) is 6.29. The van der Waals surface area contributed by atoms with Crippen molar-refractivity contribution in [3.8, 4) is 0 Å². The predicted octanol–water partition coefficient (Wildman–Crippen LogP) is 0.671. The van der Waals surface area contributed by atoms with Crippen LogP contribution >= 0.6 is 0 Å². The molecule has 1 saturated heterocycles. The van der Waals surface area contributed by atoms with E-state index in [1.807, 2.05) is 0 Å². The van der Waals surface area contributed by atoms with Crippen molar-refractivity contribution in [2.24, 2.45) is 5.92 Å². The predicted molar refractivity (Wildman–Crippen MR) is 62.2 cm³/mol. The fourth-order valence-electron chi connectivity index (χ4n) is 2.50. The number of hydrogen-bond acceptors (Lipinski definition) is 3. The lowest BCUT2D eigenvalue weighted by Crippen LogP contribution is -2.51. The second-order valence-corrected chi connectivity index (χ2v) is 4.98. The molecule has 16 heavy (non-hydrogen) atoms. The summed E-state index contributed by atoms with van der Waals surface area (Å²) in [4.78, 5) is 11.9. The SMILES string of the molecule is COC1(CNC(=O)C2CCNCC2)CCC1. The van der Waals surface area contributed by atoms with Gasteiger partial charge in [0.05, 0.1) is 5.60 Å². The lowest BCUT2D eigenvalue weighted by molar-refractivity contribution is -0.129. The van der Waals surface area contributed by atoms with Crippen LogP contribution in [0.15, 0.2) is 0 Å². The van der Waals surface area contributed by atoms with Gasteiger partial charge in [0.25, 0.3) is 0 Å². The van der Waals surface area contributed by atoms with Gasteiger partial charge in [-0.2, -0.15) is 0 Å². The Morgan fingerprint density at radius 3 is 2.62 bits per heavy atom. The van der Waals surface area contributed by atoms with Crippen molar-refractivity contribution in [1.82, 2.24) is 10.6 Å². The summed E-state index contributed by atoms with van der Waals surface area (Å²) in [6, 6.07) is 0.